The van der Waals surface area contributed by atoms with Gasteiger partial charge < -0.3 is 50.0 Å². The Labute approximate surface area is 778 Å². The second-order valence-electron chi connectivity index (χ2n) is 28.2. The maximum Gasteiger partial charge on any atom is 0.354 e. The second kappa shape index (κ2) is 52.4. The van der Waals surface area contributed by atoms with E-state index in [1.54, 1.807) is 57.4 Å². The minimum absolute atomic E-state index is 0. The van der Waals surface area contributed by atoms with Crippen molar-refractivity contribution in [3.05, 3.63) is 373 Å². The van der Waals surface area contributed by atoms with E-state index >= 15 is 0 Å². The molecule has 646 valence electrons. The number of carboxylic acids is 1. The van der Waals surface area contributed by atoms with Crippen LogP contribution < -0.4 is 0 Å². The van der Waals surface area contributed by atoms with E-state index in [0.29, 0.717) is 19.4 Å². The summed E-state index contributed by atoms with van der Waals surface area (Å²) in [5.41, 5.74) is 29.9. The first-order valence-electron chi connectivity index (χ1n) is 39.3. The zero-order valence-corrected chi connectivity index (χ0v) is 78.2. The Bertz CT molecular complexity index is 5070. The van der Waals surface area contributed by atoms with Gasteiger partial charge in [0, 0.05) is 136 Å². The average molecular weight is 2370 g/mol. The molecular weight excluding hydrogens is 2270 g/mol. The van der Waals surface area contributed by atoms with Crippen molar-refractivity contribution in [3.63, 3.8) is 0 Å². The number of ether oxygens (including phenoxy) is 3. The summed E-state index contributed by atoms with van der Waals surface area (Å²) in [6.07, 6.45) is 13.2. The number of hydrogen-bond donors (Lipinski definition) is 7. The van der Waals surface area contributed by atoms with Crippen molar-refractivity contribution < 1.29 is 135 Å². The van der Waals surface area contributed by atoms with Crippen LogP contribution in [0.5, 0.6) is 0 Å². The predicted molar refractivity (Wildman–Crippen MR) is 466 cm³/mol. The van der Waals surface area contributed by atoms with E-state index in [0.717, 1.165) is 105 Å². The third kappa shape index (κ3) is 28.6. The van der Waals surface area contributed by atoms with E-state index in [2.05, 4.69) is 189 Å². The number of carboxylic acid groups (broad SMARTS) is 1. The number of carbonyl (C=O) groups is 1. The van der Waals surface area contributed by atoms with E-state index in [1.165, 1.54) is 98.8 Å². The molecule has 14 aromatic rings. The number of aromatic carboxylic acids is 1. The van der Waals surface area contributed by atoms with E-state index in [-0.39, 0.29) is 99.0 Å². The van der Waals surface area contributed by atoms with Crippen molar-refractivity contribution in [2.45, 2.75) is 109 Å². The molecule has 0 spiro atoms. The van der Waals surface area contributed by atoms with Gasteiger partial charge in [-0.1, -0.05) is 146 Å². The molecule has 6 atom stereocenters. The van der Waals surface area contributed by atoms with Gasteiger partial charge in [-0.2, -0.15) is 0 Å². The van der Waals surface area contributed by atoms with Gasteiger partial charge in [0.05, 0.1) is 47.7 Å². The number of methoxy groups -OCH3 is 2. The Morgan fingerprint density at radius 3 is 0.992 bits per heavy atom. The number of aliphatic hydroxyl groups is 6. The van der Waals surface area contributed by atoms with Crippen LogP contribution in [0.4, 0.5) is 0 Å². The van der Waals surface area contributed by atoms with Gasteiger partial charge in [-0.05, 0) is 149 Å². The molecule has 7 N–H and O–H groups in total. The summed E-state index contributed by atoms with van der Waals surface area (Å²) in [6.45, 7) is 10.7. The van der Waals surface area contributed by atoms with Crippen molar-refractivity contribution in [2.24, 2.45) is 0 Å². The number of aromatic nitrogens is 9. The molecule has 124 heavy (non-hydrogen) atoms. The molecule has 0 amide bonds. The van der Waals surface area contributed by atoms with Crippen molar-refractivity contribution >= 4 is 12.0 Å². The Kier molecular flexibility index (Phi) is 42.6. The number of hydrogen-bond acceptors (Lipinski definition) is 19. The van der Waals surface area contributed by atoms with Crippen molar-refractivity contribution in [3.8, 4) is 90.1 Å². The van der Waals surface area contributed by atoms with Crippen molar-refractivity contribution in [1.82, 2.24) is 44.9 Å². The zero-order valence-electron chi connectivity index (χ0n) is 68.6. The van der Waals surface area contributed by atoms with Gasteiger partial charge >= 0.3 is 5.97 Å². The Hall–Kier alpha value is -10.4. The zero-order chi connectivity index (χ0) is 84.5. The maximum absolute atomic E-state index is 10.1. The molecular formula is C100H95Ir4N9O11-4. The Morgan fingerprint density at radius 1 is 0.395 bits per heavy atom. The number of fused-ring (bicyclic) bond motifs is 12. The van der Waals surface area contributed by atoms with E-state index in [9.17, 15) is 9.90 Å². The fourth-order valence-corrected chi connectivity index (χ4v) is 13.8. The number of pyridine rings is 1. The summed E-state index contributed by atoms with van der Waals surface area (Å²) in [5.74, 6) is -0.990. The average Bonchev–Trinajstić information content (AvgIpc) is 1.64. The molecule has 6 unspecified atom stereocenters. The molecule has 0 bridgehead atoms. The van der Waals surface area contributed by atoms with Gasteiger partial charge in [0.2, 0.25) is 0 Å². The van der Waals surface area contributed by atoms with Crippen LogP contribution in [-0.2, 0) is 127 Å². The molecule has 4 aliphatic carbocycles. The Balaban J connectivity index is 0.000000197. The van der Waals surface area contributed by atoms with E-state index in [1.807, 2.05) is 127 Å². The summed E-state index contributed by atoms with van der Waals surface area (Å²) in [5, 5.41) is 62.1. The largest absolute Gasteiger partial charge is 0.477 e. The quantitative estimate of drug-likeness (QED) is 0.0212. The smallest absolute Gasteiger partial charge is 0.354 e. The molecule has 18 rings (SSSR count). The van der Waals surface area contributed by atoms with Gasteiger partial charge in [-0.15, -0.1) is 150 Å². The molecule has 0 aliphatic heterocycles. The van der Waals surface area contributed by atoms with Crippen LogP contribution in [0.1, 0.15) is 106 Å². The summed E-state index contributed by atoms with van der Waals surface area (Å²) >= 11 is 0. The molecule has 20 nitrogen and oxygen atoms in total. The third-order valence-electron chi connectivity index (χ3n) is 19.6. The van der Waals surface area contributed by atoms with Crippen LogP contribution in [0.2, 0.25) is 0 Å². The molecule has 9 aromatic carbocycles. The van der Waals surface area contributed by atoms with Gasteiger partial charge in [0.25, 0.3) is 0 Å². The molecule has 5 aromatic heterocycles. The monoisotopic (exact) mass is 2370 g/mol. The molecule has 0 saturated heterocycles. The molecule has 24 heteroatoms. The van der Waals surface area contributed by atoms with E-state index < -0.39 is 43.2 Å². The summed E-state index contributed by atoms with van der Waals surface area (Å²) < 4.78 is 13.7. The predicted octanol–water partition coefficient (Wildman–Crippen LogP) is 16.8. The standard InChI is InChI=1S/4C17H11N2.C14H20O2.C7H14O3.C6H5NO2.C5H12O4.4Ir/c4*1-2-6-12(7-3-1)16-15-10-13-8-4-5-9-14(13)17(15)19-11-18-16;1-3-12-4-6-13(7-5-12)8-9-14(16)10-11(2)15;1-3-4-10-7(9)5-6(2)8;8-6(9)5-3-1-2-4-7-5;1-8-4(6)3-5(7)9-2;;;;/h4*1-6,8-9,11H,10H2;3-7,11,14-16H,1,8-10H2,2H3;3,6-9H,1,4-5H2,2H3;1-4H,(H,8,9);4-7H,3H2,1-2H3;;;;/q4*-1;;;;;;;;. The first-order chi connectivity index (χ1) is 58.5. The SMILES string of the molecule is C=CCOC(O)CC(C)O.C=Cc1ccc(CCC(O)CC(C)O)cc1.COC(O)CC(O)OC.O=C(O)c1ccccn1.[Ir].[Ir].[Ir].[Ir].[c-]1ccccc1-c1ncnc2c1Cc1ccccc1-2.[c-]1ccccc1-c1ncnc2c1Cc1ccccc1-2.[c-]1ccccc1-c1ncnc2c1Cc1ccccc1-2.[c-]1ccccc1-c1ncnc2c1Cc1ccccc1-2. The van der Waals surface area contributed by atoms with Crippen LogP contribution in [0, 0.1) is 24.3 Å². The van der Waals surface area contributed by atoms with Gasteiger partial charge in [0.15, 0.2) is 18.9 Å². The van der Waals surface area contributed by atoms with E-state index in [4.69, 9.17) is 35.4 Å². The topological polar surface area (TPSA) is 302 Å². The van der Waals surface area contributed by atoms with Crippen LogP contribution in [0.15, 0.2) is 287 Å². The first kappa shape index (κ1) is 101. The molecule has 5 heterocycles. The number of rotatable bonds is 20. The van der Waals surface area contributed by atoms with Gasteiger partial charge in [-0.25, -0.2) is 29.7 Å². The second-order valence-corrected chi connectivity index (χ2v) is 28.2. The minimum atomic E-state index is -0.990. The minimum Gasteiger partial charge on any atom is -0.477 e. The number of aryl methyl sites for hydroxylation is 1. The number of benzene rings is 9. The Morgan fingerprint density at radius 2 is 0.718 bits per heavy atom. The van der Waals surface area contributed by atoms with Gasteiger partial charge in [-0.3, -0.25) is 19.9 Å². The van der Waals surface area contributed by atoms with Crippen LogP contribution in [-0.4, -0.2) is 145 Å². The van der Waals surface area contributed by atoms with Crippen LogP contribution in [0.25, 0.3) is 96.1 Å². The fourth-order valence-electron chi connectivity index (χ4n) is 13.8. The maximum atomic E-state index is 10.1. The number of nitrogens with zero attached hydrogens (tertiary/aromatic N) is 9. The summed E-state index contributed by atoms with van der Waals surface area (Å²) in [6, 6.07) is 91.4. The fraction of sp³-hybridized carbons (Fsp3) is 0.200. The molecule has 4 radical (unpaired) electrons. The normalized spacial score (nSPS) is 12.4. The van der Waals surface area contributed by atoms with Crippen molar-refractivity contribution in [1.29, 1.82) is 0 Å². The summed E-state index contributed by atoms with van der Waals surface area (Å²) in [4.78, 5) is 49.4. The first-order valence-corrected chi connectivity index (χ1v) is 39.3. The molecule has 4 aliphatic rings. The molecule has 0 saturated carbocycles. The number of aliphatic hydroxyl groups excluding tert-OH is 6. The van der Waals surface area contributed by atoms with Crippen LogP contribution in [0.3, 0.4) is 0 Å². The van der Waals surface area contributed by atoms with Crippen LogP contribution >= 0.6 is 0 Å². The summed E-state index contributed by atoms with van der Waals surface area (Å²) in [7, 11) is 2.71. The molecule has 0 fully saturated rings. The van der Waals surface area contributed by atoms with Crippen molar-refractivity contribution in [2.75, 3.05) is 20.8 Å². The van der Waals surface area contributed by atoms with Gasteiger partial charge in [0.1, 0.15) is 31.0 Å². The third-order valence-corrected chi connectivity index (χ3v) is 19.6.